The molecule has 1 aliphatic heterocycles. The van der Waals surface area contributed by atoms with Crippen LogP contribution in [-0.2, 0) is 0 Å². The number of likely N-dealkylation sites (tertiary alicyclic amines) is 1. The zero-order valence-corrected chi connectivity index (χ0v) is 15.7. The van der Waals surface area contributed by atoms with Gasteiger partial charge in [-0.15, -0.1) is 0 Å². The summed E-state index contributed by atoms with van der Waals surface area (Å²) in [7, 11) is 2.06. The molecule has 0 saturated carbocycles. The molecule has 1 aliphatic rings. The van der Waals surface area contributed by atoms with Gasteiger partial charge in [0.25, 0.3) is 0 Å². The van der Waals surface area contributed by atoms with Crippen LogP contribution < -0.4 is 11.1 Å². The van der Waals surface area contributed by atoms with E-state index in [1.54, 1.807) is 6.07 Å². The Morgan fingerprint density at radius 2 is 2.27 bits per heavy atom. The largest absolute Gasteiger partial charge is 0.375 e. The molecule has 0 spiro atoms. The second-order valence-corrected chi connectivity index (χ2v) is 7.87. The molecule has 0 radical (unpaired) electrons. The van der Waals surface area contributed by atoms with Crippen LogP contribution in [0.25, 0.3) is 10.3 Å². The predicted molar refractivity (Wildman–Crippen MR) is 103 cm³/mol. The van der Waals surface area contributed by atoms with E-state index >= 15 is 0 Å². The Bertz CT molecular complexity index is 948. The van der Waals surface area contributed by atoms with E-state index in [2.05, 4.69) is 32.2 Å². The molecule has 0 amide bonds. The first-order chi connectivity index (χ1) is 12.5. The first-order valence-electron chi connectivity index (χ1n) is 8.29. The van der Waals surface area contributed by atoms with Crippen molar-refractivity contribution in [2.45, 2.75) is 12.5 Å². The van der Waals surface area contributed by atoms with Gasteiger partial charge >= 0.3 is 0 Å². The number of rotatable bonds is 4. The van der Waals surface area contributed by atoms with Crippen LogP contribution in [0.15, 0.2) is 24.5 Å². The Hall–Kier alpha value is -2.03. The lowest BCUT2D eigenvalue weighted by Gasteiger charge is -2.26. The SMILES string of the molecule is CN1CCC(CNc2ncnc3sc(N)nc23)C1c1ccc(Cl)c(F)c1. The number of hydrogen-bond acceptors (Lipinski definition) is 7. The van der Waals surface area contributed by atoms with E-state index < -0.39 is 0 Å². The van der Waals surface area contributed by atoms with Gasteiger partial charge in [-0.1, -0.05) is 29.0 Å². The molecule has 9 heteroatoms. The molecule has 1 aromatic carbocycles. The number of halogens is 2. The molecule has 2 aromatic heterocycles. The fraction of sp³-hybridized carbons (Fsp3) is 0.353. The Balaban J connectivity index is 1.55. The Morgan fingerprint density at radius 1 is 1.42 bits per heavy atom. The Kier molecular flexibility index (Phi) is 4.64. The van der Waals surface area contributed by atoms with Gasteiger partial charge in [0.15, 0.2) is 15.8 Å². The lowest BCUT2D eigenvalue weighted by molar-refractivity contribution is 0.281. The summed E-state index contributed by atoms with van der Waals surface area (Å²) in [6, 6.07) is 5.17. The average Bonchev–Trinajstić information content (AvgIpc) is 3.17. The molecular formula is C17H18ClFN6S. The maximum atomic E-state index is 13.9. The van der Waals surface area contributed by atoms with Crippen molar-refractivity contribution < 1.29 is 4.39 Å². The second kappa shape index (κ2) is 6.94. The van der Waals surface area contributed by atoms with Crippen LogP contribution in [0.4, 0.5) is 15.3 Å². The lowest BCUT2D eigenvalue weighted by atomic mass is 9.93. The predicted octanol–water partition coefficient (Wildman–Crippen LogP) is 3.57. The van der Waals surface area contributed by atoms with Gasteiger partial charge in [0.05, 0.1) is 5.02 Å². The third kappa shape index (κ3) is 3.20. The summed E-state index contributed by atoms with van der Waals surface area (Å²) in [5, 5.41) is 4.00. The molecule has 6 nitrogen and oxygen atoms in total. The molecule has 1 fully saturated rings. The van der Waals surface area contributed by atoms with E-state index in [1.807, 2.05) is 6.07 Å². The van der Waals surface area contributed by atoms with Crippen LogP contribution in [0.5, 0.6) is 0 Å². The van der Waals surface area contributed by atoms with Gasteiger partial charge < -0.3 is 11.1 Å². The van der Waals surface area contributed by atoms with Crippen molar-refractivity contribution in [1.82, 2.24) is 19.9 Å². The number of benzene rings is 1. The summed E-state index contributed by atoms with van der Waals surface area (Å²) >= 11 is 7.17. The fourth-order valence-corrected chi connectivity index (χ4v) is 4.38. The Labute approximate surface area is 159 Å². The average molecular weight is 393 g/mol. The van der Waals surface area contributed by atoms with E-state index in [0.717, 1.165) is 23.4 Å². The van der Waals surface area contributed by atoms with Crippen LogP contribution in [0.3, 0.4) is 0 Å². The number of thiazole rings is 1. The van der Waals surface area contributed by atoms with Crippen LogP contribution in [0.2, 0.25) is 5.02 Å². The maximum absolute atomic E-state index is 13.9. The topological polar surface area (TPSA) is 80.0 Å². The van der Waals surface area contributed by atoms with Crippen LogP contribution in [0.1, 0.15) is 18.0 Å². The van der Waals surface area contributed by atoms with Gasteiger partial charge in [0, 0.05) is 12.6 Å². The first-order valence-corrected chi connectivity index (χ1v) is 9.48. The maximum Gasteiger partial charge on any atom is 0.182 e. The van der Waals surface area contributed by atoms with Crippen molar-refractivity contribution in [1.29, 1.82) is 0 Å². The molecular weight excluding hydrogens is 375 g/mol. The molecule has 1 saturated heterocycles. The van der Waals surface area contributed by atoms with Gasteiger partial charge in [0.1, 0.15) is 17.7 Å². The van der Waals surface area contributed by atoms with Crippen molar-refractivity contribution in [2.75, 3.05) is 31.2 Å². The van der Waals surface area contributed by atoms with Crippen LogP contribution in [-0.4, -0.2) is 40.0 Å². The minimum absolute atomic E-state index is 0.118. The van der Waals surface area contributed by atoms with E-state index in [1.165, 1.54) is 23.7 Å². The zero-order valence-electron chi connectivity index (χ0n) is 14.1. The number of fused-ring (bicyclic) bond motifs is 1. The van der Waals surface area contributed by atoms with Gasteiger partial charge in [-0.05, 0) is 43.6 Å². The highest BCUT2D eigenvalue weighted by Crippen LogP contribution is 2.37. The van der Waals surface area contributed by atoms with Gasteiger partial charge in [-0.2, -0.15) is 0 Å². The molecule has 3 aromatic rings. The smallest absolute Gasteiger partial charge is 0.182 e. The van der Waals surface area contributed by atoms with E-state index in [0.29, 0.717) is 28.9 Å². The van der Waals surface area contributed by atoms with Crippen LogP contribution in [0, 0.1) is 11.7 Å². The molecule has 136 valence electrons. The quantitative estimate of drug-likeness (QED) is 0.706. The number of nitrogens with one attached hydrogen (secondary N) is 1. The zero-order chi connectivity index (χ0) is 18.3. The standard InChI is InChI=1S/C17H18ClFN6S/c1-25-5-4-10(14(25)9-2-3-11(18)12(19)6-9)7-21-15-13-16(23-8-22-15)26-17(20)24-13/h2-3,6,8,10,14H,4-5,7H2,1H3,(H2,20,24)(H,21,22,23). The number of aromatic nitrogens is 3. The van der Waals surface area contributed by atoms with Gasteiger partial charge in [0.2, 0.25) is 0 Å². The van der Waals surface area contributed by atoms with Gasteiger partial charge in [-0.25, -0.2) is 19.3 Å². The monoisotopic (exact) mass is 392 g/mol. The molecule has 3 heterocycles. The third-order valence-electron chi connectivity index (χ3n) is 4.80. The molecule has 2 atom stereocenters. The number of nitrogens with two attached hydrogens (primary N) is 1. The minimum Gasteiger partial charge on any atom is -0.375 e. The molecule has 3 N–H and O–H groups in total. The van der Waals surface area contributed by atoms with Crippen molar-refractivity contribution in [2.24, 2.45) is 5.92 Å². The molecule has 2 unspecified atom stereocenters. The summed E-state index contributed by atoms with van der Waals surface area (Å²) in [6.45, 7) is 1.65. The normalized spacial score (nSPS) is 20.7. The third-order valence-corrected chi connectivity index (χ3v) is 5.90. The Morgan fingerprint density at radius 3 is 3.08 bits per heavy atom. The molecule has 0 bridgehead atoms. The number of nitrogen functional groups attached to an aromatic ring is 1. The molecule has 0 aliphatic carbocycles. The summed E-state index contributed by atoms with van der Waals surface area (Å²) in [4.78, 5) is 15.8. The number of hydrogen-bond donors (Lipinski definition) is 2. The van der Waals surface area contributed by atoms with Crippen molar-refractivity contribution >= 4 is 44.2 Å². The lowest BCUT2D eigenvalue weighted by Crippen LogP contribution is -2.25. The summed E-state index contributed by atoms with van der Waals surface area (Å²) in [5.41, 5.74) is 7.40. The van der Waals surface area contributed by atoms with E-state index in [4.69, 9.17) is 17.3 Å². The highest BCUT2D eigenvalue weighted by atomic mass is 35.5. The van der Waals surface area contributed by atoms with E-state index in [9.17, 15) is 4.39 Å². The summed E-state index contributed by atoms with van der Waals surface area (Å²) < 4.78 is 13.9. The second-order valence-electron chi connectivity index (χ2n) is 6.46. The fourth-order valence-electron chi connectivity index (χ4n) is 3.59. The van der Waals surface area contributed by atoms with Gasteiger partial charge in [-0.3, -0.25) is 4.90 Å². The number of nitrogens with zero attached hydrogens (tertiary/aromatic N) is 4. The first kappa shape index (κ1) is 17.4. The summed E-state index contributed by atoms with van der Waals surface area (Å²) in [5.74, 6) is 0.603. The van der Waals surface area contributed by atoms with Crippen LogP contribution >= 0.6 is 22.9 Å². The molecule has 4 rings (SSSR count). The van der Waals surface area contributed by atoms with Crippen molar-refractivity contribution in [3.05, 3.63) is 40.9 Å². The minimum atomic E-state index is -0.383. The highest BCUT2D eigenvalue weighted by Gasteiger charge is 2.33. The van der Waals surface area contributed by atoms with E-state index in [-0.39, 0.29) is 16.9 Å². The number of anilines is 2. The highest BCUT2D eigenvalue weighted by molar-refractivity contribution is 7.21. The van der Waals surface area contributed by atoms with Crippen molar-refractivity contribution in [3.63, 3.8) is 0 Å². The summed E-state index contributed by atoms with van der Waals surface area (Å²) in [6.07, 6.45) is 2.51. The molecule has 26 heavy (non-hydrogen) atoms. The van der Waals surface area contributed by atoms with Crippen molar-refractivity contribution in [3.8, 4) is 0 Å².